The molecule has 13 heteroatoms. The number of likely N-dealkylation sites (tertiary alicyclic amines) is 1. The average molecular weight is 732 g/mol. The van der Waals surface area contributed by atoms with Gasteiger partial charge in [0.25, 0.3) is 0 Å². The van der Waals surface area contributed by atoms with Crippen LogP contribution in [0.1, 0.15) is 79.9 Å². The van der Waals surface area contributed by atoms with E-state index < -0.39 is 55.8 Å². The molecule has 1 saturated carbocycles. The summed E-state index contributed by atoms with van der Waals surface area (Å²) in [7, 11) is -2.46. The Bertz CT molecular complexity index is 1960. The number of hydrogen-bond acceptors (Lipinski definition) is 6. The first-order valence-corrected chi connectivity index (χ1v) is 18.4. The maximum absolute atomic E-state index is 15.3. The normalized spacial score (nSPS) is 23.4. The number of rotatable bonds is 9. The molecular formula is C36H37Cl2FN2O7S. The Kier molecular flexibility index (Phi) is 9.03. The fourth-order valence-corrected chi connectivity index (χ4v) is 8.98. The molecule has 9 nitrogen and oxygen atoms in total. The minimum absolute atomic E-state index is 0.00741. The third-order valence-corrected chi connectivity index (χ3v) is 13.3. The van der Waals surface area contributed by atoms with Gasteiger partial charge in [0.15, 0.2) is 9.84 Å². The number of halogens is 3. The van der Waals surface area contributed by atoms with Gasteiger partial charge in [-0.2, -0.15) is 0 Å². The molecule has 2 amide bonds. The number of aromatic carboxylic acids is 1. The first kappa shape index (κ1) is 35.2. The van der Waals surface area contributed by atoms with Gasteiger partial charge in [0.05, 0.1) is 35.1 Å². The van der Waals surface area contributed by atoms with Gasteiger partial charge in [-0.05, 0) is 93.5 Å². The summed E-state index contributed by atoms with van der Waals surface area (Å²) in [5, 5.41) is 10.0. The largest absolute Gasteiger partial charge is 0.496 e. The number of benzene rings is 3. The number of nitrogens with zero attached hydrogens (tertiary/aromatic N) is 2. The van der Waals surface area contributed by atoms with E-state index in [1.165, 1.54) is 42.3 Å². The Hall–Kier alpha value is -3.67. The van der Waals surface area contributed by atoms with Gasteiger partial charge < -0.3 is 14.7 Å². The molecule has 3 aromatic rings. The maximum atomic E-state index is 15.3. The molecule has 260 valence electrons. The number of carbonyl (C=O) groups is 3. The van der Waals surface area contributed by atoms with Gasteiger partial charge in [0.1, 0.15) is 22.7 Å². The molecule has 2 aliphatic heterocycles. The van der Waals surface area contributed by atoms with Gasteiger partial charge in [-0.1, -0.05) is 41.4 Å². The van der Waals surface area contributed by atoms with Crippen molar-refractivity contribution < 1.29 is 37.0 Å². The Morgan fingerprint density at radius 2 is 1.78 bits per heavy atom. The van der Waals surface area contributed by atoms with Crippen LogP contribution in [0.5, 0.6) is 5.75 Å². The van der Waals surface area contributed by atoms with E-state index >= 15 is 9.18 Å². The van der Waals surface area contributed by atoms with E-state index in [0.717, 1.165) is 5.56 Å². The molecule has 2 heterocycles. The third-order valence-electron chi connectivity index (χ3n) is 10.1. The van der Waals surface area contributed by atoms with Crippen molar-refractivity contribution in [2.24, 2.45) is 5.92 Å². The lowest BCUT2D eigenvalue weighted by molar-refractivity contribution is -0.157. The van der Waals surface area contributed by atoms with Crippen molar-refractivity contribution in [2.75, 3.05) is 17.8 Å². The fourth-order valence-electron chi connectivity index (χ4n) is 7.28. The molecule has 1 N–H and O–H groups in total. The molecule has 0 aromatic heterocycles. The van der Waals surface area contributed by atoms with Crippen LogP contribution in [0.3, 0.4) is 0 Å². The second-order valence-corrected chi connectivity index (χ2v) is 17.8. The summed E-state index contributed by atoms with van der Waals surface area (Å²) in [6.45, 7) is 4.85. The highest BCUT2D eigenvalue weighted by molar-refractivity contribution is 7.92. The highest BCUT2D eigenvalue weighted by Crippen LogP contribution is 2.56. The van der Waals surface area contributed by atoms with Crippen molar-refractivity contribution in [3.8, 4) is 5.75 Å². The monoisotopic (exact) mass is 730 g/mol. The molecule has 3 aliphatic rings. The zero-order chi connectivity index (χ0) is 35.6. The van der Waals surface area contributed by atoms with Crippen LogP contribution in [0, 0.1) is 11.7 Å². The highest BCUT2D eigenvalue weighted by atomic mass is 35.5. The predicted molar refractivity (Wildman–Crippen MR) is 185 cm³/mol. The molecule has 1 aliphatic carbocycles. The van der Waals surface area contributed by atoms with Crippen molar-refractivity contribution in [1.82, 2.24) is 4.90 Å². The number of carboxylic acid groups (broad SMARTS) is 1. The first-order valence-electron chi connectivity index (χ1n) is 16.0. The van der Waals surface area contributed by atoms with E-state index in [2.05, 4.69) is 0 Å². The number of carboxylic acids is 1. The summed E-state index contributed by atoms with van der Waals surface area (Å²) in [5.41, 5.74) is -0.181. The molecule has 0 radical (unpaired) electrons. The van der Waals surface area contributed by atoms with Gasteiger partial charge in [-0.25, -0.2) is 17.6 Å². The Morgan fingerprint density at radius 3 is 2.35 bits per heavy atom. The van der Waals surface area contributed by atoms with Crippen LogP contribution in [0.25, 0.3) is 0 Å². The number of ether oxygens (including phenoxy) is 1. The summed E-state index contributed by atoms with van der Waals surface area (Å²) in [5.74, 6) is -3.79. The SMILES string of the molecule is COc1cc(N2C(=O)C[C@]23C[C@H](c2cccc(Cl)c2)C(c2ccc(Cl)c(F)c2)N(C(CS(=O)(=O)C(C)(C)C)C2CC2)C3=O)ccc1C(=O)O. The number of carbonyl (C=O) groups excluding carboxylic acids is 2. The second kappa shape index (κ2) is 12.6. The molecule has 1 spiro atoms. The maximum Gasteiger partial charge on any atom is 0.339 e. The van der Waals surface area contributed by atoms with Crippen molar-refractivity contribution in [2.45, 2.75) is 74.7 Å². The van der Waals surface area contributed by atoms with E-state index in [0.29, 0.717) is 23.4 Å². The van der Waals surface area contributed by atoms with Crippen molar-refractivity contribution >= 4 is 56.5 Å². The van der Waals surface area contributed by atoms with Gasteiger partial charge in [-0.3, -0.25) is 14.5 Å². The van der Waals surface area contributed by atoms with Gasteiger partial charge >= 0.3 is 5.97 Å². The lowest BCUT2D eigenvalue weighted by atomic mass is 9.66. The van der Waals surface area contributed by atoms with Crippen LogP contribution in [0.4, 0.5) is 10.1 Å². The lowest BCUT2D eigenvalue weighted by Crippen LogP contribution is -2.75. The molecule has 3 aromatic carbocycles. The topological polar surface area (TPSA) is 121 Å². The Labute approximate surface area is 294 Å². The molecule has 4 atom stereocenters. The van der Waals surface area contributed by atoms with Gasteiger partial charge in [0.2, 0.25) is 11.8 Å². The highest BCUT2D eigenvalue weighted by Gasteiger charge is 2.65. The van der Waals surface area contributed by atoms with Crippen molar-refractivity contribution in [3.63, 3.8) is 0 Å². The van der Waals surface area contributed by atoms with Gasteiger partial charge in [0, 0.05) is 28.7 Å². The summed E-state index contributed by atoms with van der Waals surface area (Å²) in [6, 6.07) is 14.0. The van der Waals surface area contributed by atoms with Crippen LogP contribution < -0.4 is 9.64 Å². The van der Waals surface area contributed by atoms with E-state index in [9.17, 15) is 23.1 Å². The van der Waals surface area contributed by atoms with Gasteiger partial charge in [-0.15, -0.1) is 0 Å². The molecular weight excluding hydrogens is 694 g/mol. The fraction of sp³-hybridized carbons (Fsp3) is 0.417. The van der Waals surface area contributed by atoms with Crippen LogP contribution in [-0.2, 0) is 19.4 Å². The number of piperidine rings is 1. The Morgan fingerprint density at radius 1 is 1.06 bits per heavy atom. The van der Waals surface area contributed by atoms with E-state index in [-0.39, 0.29) is 52.4 Å². The molecule has 0 bridgehead atoms. The summed E-state index contributed by atoms with van der Waals surface area (Å²) < 4.78 is 47.2. The van der Waals surface area contributed by atoms with Crippen LogP contribution >= 0.6 is 23.2 Å². The minimum atomic E-state index is -3.77. The zero-order valence-corrected chi connectivity index (χ0v) is 29.8. The van der Waals surface area contributed by atoms with E-state index in [1.54, 1.807) is 49.9 Å². The lowest BCUT2D eigenvalue weighted by Gasteiger charge is -2.60. The van der Waals surface area contributed by atoms with Crippen LogP contribution in [0.2, 0.25) is 10.0 Å². The number of sulfone groups is 1. The number of hydrogen-bond donors (Lipinski definition) is 1. The standard InChI is InChI=1S/C36H37Cl2FN2O7S/c1-35(2,3)49(46,47)19-29(20-8-9-20)40-32(22-10-13-27(38)28(39)15-22)26(21-6-5-7-23(37)14-21)17-36(34(40)45)18-31(42)41(36)24-11-12-25(33(43)44)30(16-24)48-4/h5-7,10-16,20,26,29,32H,8-9,17-19H2,1-4H3,(H,43,44)/t26-,29?,32?,36+/m1/s1. The van der Waals surface area contributed by atoms with E-state index in [4.69, 9.17) is 27.9 Å². The molecule has 49 heavy (non-hydrogen) atoms. The number of β-lactam (4-membered cyclic amide) rings is 1. The molecule has 2 unspecified atom stereocenters. The minimum Gasteiger partial charge on any atom is -0.496 e. The van der Waals surface area contributed by atoms with Crippen LogP contribution in [-0.4, -0.2) is 65.4 Å². The zero-order valence-electron chi connectivity index (χ0n) is 27.5. The molecule has 3 fully saturated rings. The number of anilines is 1. The second-order valence-electron chi connectivity index (χ2n) is 14.1. The number of methoxy groups -OCH3 is 1. The average Bonchev–Trinajstić information content (AvgIpc) is 3.87. The summed E-state index contributed by atoms with van der Waals surface area (Å²) >= 11 is 12.6. The summed E-state index contributed by atoms with van der Waals surface area (Å²) in [6.07, 6.45) is 1.31. The quantitative estimate of drug-likeness (QED) is 0.234. The first-order chi connectivity index (χ1) is 23.0. The molecule has 6 rings (SSSR count). The smallest absolute Gasteiger partial charge is 0.339 e. The van der Waals surface area contributed by atoms with E-state index in [1.807, 2.05) is 6.07 Å². The predicted octanol–water partition coefficient (Wildman–Crippen LogP) is 7.06. The molecule has 2 saturated heterocycles. The van der Waals surface area contributed by atoms with Crippen molar-refractivity contribution in [3.05, 3.63) is 93.2 Å². The summed E-state index contributed by atoms with van der Waals surface area (Å²) in [4.78, 5) is 43.8. The van der Waals surface area contributed by atoms with Crippen molar-refractivity contribution in [1.29, 1.82) is 0 Å². The third kappa shape index (κ3) is 6.18. The number of amides is 2. The Balaban J connectivity index is 1.59. The van der Waals surface area contributed by atoms with Crippen LogP contribution in [0.15, 0.2) is 60.7 Å².